The van der Waals surface area contributed by atoms with Crippen LogP contribution in [0.5, 0.6) is 11.5 Å². The lowest BCUT2D eigenvalue weighted by Gasteiger charge is -2.24. The molecule has 2 heterocycles. The largest absolute Gasteiger partial charge is 0.493 e. The molecule has 0 saturated carbocycles. The summed E-state index contributed by atoms with van der Waals surface area (Å²) in [5.41, 5.74) is 9.20. The van der Waals surface area contributed by atoms with Gasteiger partial charge in [0.1, 0.15) is 5.82 Å². The van der Waals surface area contributed by atoms with Crippen molar-refractivity contribution in [1.29, 1.82) is 0 Å². The molecule has 2 N–H and O–H groups in total. The van der Waals surface area contributed by atoms with Crippen molar-refractivity contribution < 1.29 is 9.47 Å². The summed E-state index contributed by atoms with van der Waals surface area (Å²) < 4.78 is 10.7. The van der Waals surface area contributed by atoms with Gasteiger partial charge in [-0.25, -0.2) is 9.97 Å². The Balaban J connectivity index is 1.68. The fourth-order valence-corrected chi connectivity index (χ4v) is 3.86. The van der Waals surface area contributed by atoms with Crippen LogP contribution < -0.4 is 15.2 Å². The van der Waals surface area contributed by atoms with Crippen molar-refractivity contribution in [2.75, 3.05) is 33.0 Å². The monoisotopic (exact) mass is 378 g/mol. The lowest BCUT2D eigenvalue weighted by molar-refractivity contribution is 0.263. The van der Waals surface area contributed by atoms with Gasteiger partial charge in [-0.15, -0.1) is 0 Å². The highest BCUT2D eigenvalue weighted by molar-refractivity contribution is 5.92. The van der Waals surface area contributed by atoms with Gasteiger partial charge in [-0.05, 0) is 44.5 Å². The van der Waals surface area contributed by atoms with Gasteiger partial charge in [0.15, 0.2) is 17.3 Å². The normalized spacial score (nSPS) is 15.7. The number of anilines is 1. The third kappa shape index (κ3) is 3.36. The fourth-order valence-electron chi connectivity index (χ4n) is 3.86. The number of nitrogens with zero attached hydrogens (tertiary/aromatic N) is 3. The number of nitrogen functional groups attached to an aromatic ring is 1. The van der Waals surface area contributed by atoms with Gasteiger partial charge in [0.05, 0.1) is 19.7 Å². The van der Waals surface area contributed by atoms with Crippen LogP contribution in [-0.4, -0.2) is 42.2 Å². The van der Waals surface area contributed by atoms with Gasteiger partial charge in [-0.2, -0.15) is 0 Å². The molecule has 1 atom stereocenters. The van der Waals surface area contributed by atoms with Gasteiger partial charge in [0, 0.05) is 23.1 Å². The van der Waals surface area contributed by atoms with Crippen molar-refractivity contribution >= 4 is 16.7 Å². The Bertz CT molecular complexity index is 982. The van der Waals surface area contributed by atoms with E-state index in [0.717, 1.165) is 16.5 Å². The van der Waals surface area contributed by atoms with Crippen molar-refractivity contribution in [2.24, 2.45) is 0 Å². The maximum atomic E-state index is 6.22. The zero-order valence-electron chi connectivity index (χ0n) is 16.6. The number of fused-ring (bicyclic) bond motifs is 1. The number of rotatable bonds is 5. The van der Waals surface area contributed by atoms with Gasteiger partial charge in [0.25, 0.3) is 0 Å². The summed E-state index contributed by atoms with van der Waals surface area (Å²) >= 11 is 0. The Labute approximate surface area is 165 Å². The molecule has 0 unspecified atom stereocenters. The highest BCUT2D eigenvalue weighted by Gasteiger charge is 2.19. The van der Waals surface area contributed by atoms with Crippen LogP contribution in [0, 0.1) is 0 Å². The third-order valence-corrected chi connectivity index (χ3v) is 5.57. The second-order valence-corrected chi connectivity index (χ2v) is 7.20. The topological polar surface area (TPSA) is 73.5 Å². The van der Waals surface area contributed by atoms with Gasteiger partial charge < -0.3 is 15.2 Å². The van der Waals surface area contributed by atoms with E-state index in [1.54, 1.807) is 14.2 Å². The van der Waals surface area contributed by atoms with E-state index in [2.05, 4.69) is 41.1 Å². The van der Waals surface area contributed by atoms with Crippen molar-refractivity contribution in [1.82, 2.24) is 14.9 Å². The summed E-state index contributed by atoms with van der Waals surface area (Å²) in [6, 6.07) is 12.5. The molecule has 0 amide bonds. The van der Waals surface area contributed by atoms with E-state index in [-0.39, 0.29) is 0 Å². The van der Waals surface area contributed by atoms with E-state index in [1.807, 2.05) is 12.1 Å². The zero-order chi connectivity index (χ0) is 19.7. The van der Waals surface area contributed by atoms with Gasteiger partial charge >= 0.3 is 0 Å². The number of hydrogen-bond donors (Lipinski definition) is 1. The third-order valence-electron chi connectivity index (χ3n) is 5.57. The molecule has 0 radical (unpaired) electrons. The first-order valence-electron chi connectivity index (χ1n) is 9.64. The quantitative estimate of drug-likeness (QED) is 0.722. The molecule has 1 aliphatic heterocycles. The molecular weight excluding hydrogens is 352 g/mol. The van der Waals surface area contributed by atoms with E-state index in [0.29, 0.717) is 29.2 Å². The predicted octanol–water partition coefficient (Wildman–Crippen LogP) is 4.05. The molecular formula is C22H26N4O2. The first-order valence-corrected chi connectivity index (χ1v) is 9.64. The Morgan fingerprint density at radius 3 is 2.25 bits per heavy atom. The van der Waals surface area contributed by atoms with Crippen LogP contribution >= 0.6 is 0 Å². The molecule has 6 heteroatoms. The lowest BCUT2D eigenvalue weighted by Crippen LogP contribution is -2.23. The van der Waals surface area contributed by atoms with E-state index in [4.69, 9.17) is 20.2 Å². The highest BCUT2D eigenvalue weighted by Crippen LogP contribution is 2.34. The number of methoxy groups -OCH3 is 2. The summed E-state index contributed by atoms with van der Waals surface area (Å²) in [6.45, 7) is 4.63. The summed E-state index contributed by atoms with van der Waals surface area (Å²) in [5, 5.41) is 0.751. The molecule has 3 aromatic rings. The van der Waals surface area contributed by atoms with Crippen LogP contribution in [0.4, 0.5) is 5.82 Å². The minimum Gasteiger partial charge on any atom is -0.493 e. The Morgan fingerprint density at radius 2 is 1.61 bits per heavy atom. The minimum absolute atomic E-state index is 0.426. The van der Waals surface area contributed by atoms with E-state index in [1.165, 1.54) is 31.5 Å². The molecule has 6 nitrogen and oxygen atoms in total. The number of hydrogen-bond acceptors (Lipinski definition) is 6. The first kappa shape index (κ1) is 18.5. The number of likely N-dealkylation sites (tertiary alicyclic amines) is 1. The number of benzene rings is 2. The van der Waals surface area contributed by atoms with Gasteiger partial charge in [-0.1, -0.05) is 24.3 Å². The molecule has 1 aliphatic rings. The maximum absolute atomic E-state index is 6.22. The molecule has 4 rings (SSSR count). The molecule has 1 saturated heterocycles. The van der Waals surface area contributed by atoms with E-state index in [9.17, 15) is 0 Å². The van der Waals surface area contributed by atoms with Crippen molar-refractivity contribution in [3.05, 3.63) is 42.0 Å². The highest BCUT2D eigenvalue weighted by atomic mass is 16.5. The summed E-state index contributed by atoms with van der Waals surface area (Å²) in [4.78, 5) is 11.7. The van der Waals surface area contributed by atoms with E-state index < -0.39 is 0 Å². The molecule has 1 fully saturated rings. The molecule has 28 heavy (non-hydrogen) atoms. The second-order valence-electron chi connectivity index (χ2n) is 7.20. The molecule has 0 spiro atoms. The van der Waals surface area contributed by atoms with Crippen molar-refractivity contribution in [3.8, 4) is 22.9 Å². The molecule has 0 bridgehead atoms. The van der Waals surface area contributed by atoms with Crippen LogP contribution in [0.2, 0.25) is 0 Å². The van der Waals surface area contributed by atoms with Gasteiger partial charge in [0.2, 0.25) is 0 Å². The zero-order valence-corrected chi connectivity index (χ0v) is 16.6. The average molecular weight is 378 g/mol. The lowest BCUT2D eigenvalue weighted by atomic mass is 10.0. The Hall–Kier alpha value is -2.86. The minimum atomic E-state index is 0.426. The number of ether oxygens (including phenoxy) is 2. The van der Waals surface area contributed by atoms with Crippen LogP contribution in [0.3, 0.4) is 0 Å². The number of aromatic nitrogens is 2. The first-order chi connectivity index (χ1) is 13.6. The molecule has 146 valence electrons. The maximum Gasteiger partial charge on any atom is 0.162 e. The smallest absolute Gasteiger partial charge is 0.162 e. The van der Waals surface area contributed by atoms with Crippen LogP contribution in [-0.2, 0) is 0 Å². The molecule has 0 aliphatic carbocycles. The van der Waals surface area contributed by atoms with E-state index >= 15 is 0 Å². The predicted molar refractivity (Wildman–Crippen MR) is 112 cm³/mol. The van der Waals surface area contributed by atoms with Gasteiger partial charge in [-0.3, -0.25) is 4.90 Å². The van der Waals surface area contributed by atoms with Crippen molar-refractivity contribution in [2.45, 2.75) is 25.8 Å². The summed E-state index contributed by atoms with van der Waals surface area (Å²) in [5.74, 6) is 2.26. The average Bonchev–Trinajstić information content (AvgIpc) is 3.27. The van der Waals surface area contributed by atoms with Crippen molar-refractivity contribution in [3.63, 3.8) is 0 Å². The number of nitrogens with two attached hydrogens (primary N) is 1. The SMILES string of the molecule is COc1cc2nc(-c3ccc([C@@H](C)N4CCCC4)cc3)nc(N)c2cc1OC. The standard InChI is InChI=1S/C22H26N4O2/c1-14(26-10-4-5-11-26)15-6-8-16(9-7-15)22-24-18-13-20(28-3)19(27-2)12-17(18)21(23)25-22/h6-9,12-14H,4-5,10-11H2,1-3H3,(H2,23,24,25)/t14-/m1/s1. The summed E-state index contributed by atoms with van der Waals surface area (Å²) in [7, 11) is 3.20. The summed E-state index contributed by atoms with van der Waals surface area (Å²) in [6.07, 6.45) is 2.59. The Kier molecular flexibility index (Phi) is 5.05. The molecule has 1 aromatic heterocycles. The second kappa shape index (κ2) is 7.64. The van der Waals surface area contributed by atoms with Crippen LogP contribution in [0.25, 0.3) is 22.3 Å². The fraction of sp³-hybridized carbons (Fsp3) is 0.364. The van der Waals surface area contributed by atoms with Crippen LogP contribution in [0.15, 0.2) is 36.4 Å². The van der Waals surface area contributed by atoms with Crippen LogP contribution in [0.1, 0.15) is 31.4 Å². The Morgan fingerprint density at radius 1 is 0.964 bits per heavy atom. The molecule has 2 aromatic carbocycles.